The van der Waals surface area contributed by atoms with Crippen LogP contribution in [-0.4, -0.2) is 31.4 Å². The molecule has 1 unspecified atom stereocenters. The third-order valence-electron chi connectivity index (χ3n) is 4.93. The van der Waals surface area contributed by atoms with Crippen molar-refractivity contribution in [1.29, 1.82) is 0 Å². The van der Waals surface area contributed by atoms with Gasteiger partial charge in [-0.1, -0.05) is 18.2 Å². The lowest BCUT2D eigenvalue weighted by molar-refractivity contribution is -0.122. The lowest BCUT2D eigenvalue weighted by Crippen LogP contribution is -2.28. The monoisotopic (exact) mass is 369 g/mol. The van der Waals surface area contributed by atoms with E-state index >= 15 is 0 Å². The fraction of sp³-hybridized carbons (Fsp3) is 0.333. The summed E-state index contributed by atoms with van der Waals surface area (Å²) in [6, 6.07) is 14.1. The molecule has 0 radical (unpaired) electrons. The summed E-state index contributed by atoms with van der Waals surface area (Å²) in [4.78, 5) is 28.3. The van der Waals surface area contributed by atoms with Gasteiger partial charge in [-0.3, -0.25) is 9.59 Å². The van der Waals surface area contributed by atoms with Gasteiger partial charge >= 0.3 is 0 Å². The zero-order valence-corrected chi connectivity index (χ0v) is 15.8. The van der Waals surface area contributed by atoms with Crippen molar-refractivity contribution < 1.29 is 14.0 Å². The fourth-order valence-corrected chi connectivity index (χ4v) is 3.13. The van der Waals surface area contributed by atoms with E-state index in [1.165, 1.54) is 6.07 Å². The Labute approximate surface area is 158 Å². The highest BCUT2D eigenvalue weighted by Gasteiger charge is 2.35. The first-order chi connectivity index (χ1) is 12.9. The number of halogens is 1. The van der Waals surface area contributed by atoms with E-state index in [0.717, 1.165) is 5.69 Å². The van der Waals surface area contributed by atoms with Gasteiger partial charge < -0.3 is 15.1 Å². The lowest BCUT2D eigenvalue weighted by atomic mass is 10.1. The summed E-state index contributed by atoms with van der Waals surface area (Å²) in [7, 11) is 1.82. The summed E-state index contributed by atoms with van der Waals surface area (Å²) in [5.41, 5.74) is 1.66. The first-order valence-electron chi connectivity index (χ1n) is 9.05. The number of para-hydroxylation sites is 1. The molecule has 1 saturated heterocycles. The standard InChI is InChI=1S/C21H24FN3O2/c1-14(2)24(3)19-10-9-16(12-18(19)22)23-21(27)15-11-20(26)25(13-15)17-7-5-4-6-8-17/h4-10,12,14-15H,11,13H2,1-3H3,(H,23,27). The normalized spacial score (nSPS) is 16.7. The molecule has 3 rings (SSSR count). The van der Waals surface area contributed by atoms with Crippen LogP contribution in [0.25, 0.3) is 0 Å². The predicted octanol–water partition coefficient (Wildman–Crippen LogP) is 3.66. The molecule has 2 aromatic carbocycles. The Kier molecular flexibility index (Phi) is 5.44. The molecule has 142 valence electrons. The second-order valence-corrected chi connectivity index (χ2v) is 7.10. The van der Waals surface area contributed by atoms with Crippen molar-refractivity contribution in [3.05, 3.63) is 54.3 Å². The highest BCUT2D eigenvalue weighted by atomic mass is 19.1. The molecule has 1 aliphatic heterocycles. The highest BCUT2D eigenvalue weighted by molar-refractivity contribution is 6.03. The van der Waals surface area contributed by atoms with Gasteiger partial charge in [0.1, 0.15) is 5.82 Å². The molecular formula is C21H24FN3O2. The number of benzene rings is 2. The topological polar surface area (TPSA) is 52.7 Å². The molecule has 0 aliphatic carbocycles. The van der Waals surface area contributed by atoms with Gasteiger partial charge in [0.2, 0.25) is 11.8 Å². The van der Waals surface area contributed by atoms with Crippen molar-refractivity contribution in [1.82, 2.24) is 0 Å². The van der Waals surface area contributed by atoms with Crippen LogP contribution in [0.2, 0.25) is 0 Å². The summed E-state index contributed by atoms with van der Waals surface area (Å²) in [5.74, 6) is -1.20. The van der Waals surface area contributed by atoms with Crippen molar-refractivity contribution in [3.63, 3.8) is 0 Å². The Morgan fingerprint density at radius 1 is 1.22 bits per heavy atom. The summed E-state index contributed by atoms with van der Waals surface area (Å²) >= 11 is 0. The number of hydrogen-bond donors (Lipinski definition) is 1. The third kappa shape index (κ3) is 4.10. The van der Waals surface area contributed by atoms with E-state index in [4.69, 9.17) is 0 Å². The average molecular weight is 369 g/mol. The third-order valence-corrected chi connectivity index (χ3v) is 4.93. The molecule has 1 N–H and O–H groups in total. The number of amides is 2. The predicted molar refractivity (Wildman–Crippen MR) is 105 cm³/mol. The van der Waals surface area contributed by atoms with E-state index in [9.17, 15) is 14.0 Å². The molecule has 0 bridgehead atoms. The largest absolute Gasteiger partial charge is 0.370 e. The zero-order valence-electron chi connectivity index (χ0n) is 15.8. The molecule has 2 aromatic rings. The molecule has 0 aromatic heterocycles. The van der Waals surface area contributed by atoms with Crippen LogP contribution in [0, 0.1) is 11.7 Å². The summed E-state index contributed by atoms with van der Waals surface area (Å²) in [5, 5.41) is 2.74. The number of anilines is 3. The van der Waals surface area contributed by atoms with E-state index in [-0.39, 0.29) is 24.3 Å². The molecule has 27 heavy (non-hydrogen) atoms. The molecular weight excluding hydrogens is 345 g/mol. The molecule has 0 spiro atoms. The van der Waals surface area contributed by atoms with Crippen molar-refractivity contribution in [2.75, 3.05) is 28.7 Å². The molecule has 2 amide bonds. The van der Waals surface area contributed by atoms with Gasteiger partial charge in [-0.05, 0) is 44.2 Å². The molecule has 6 heteroatoms. The molecule has 0 saturated carbocycles. The number of carbonyl (C=O) groups excluding carboxylic acids is 2. The maximum atomic E-state index is 14.4. The van der Waals surface area contributed by atoms with Crippen LogP contribution in [0.1, 0.15) is 20.3 Å². The molecule has 1 fully saturated rings. The van der Waals surface area contributed by atoms with Crippen molar-refractivity contribution in [2.45, 2.75) is 26.3 Å². The van der Waals surface area contributed by atoms with Crippen LogP contribution < -0.4 is 15.1 Å². The molecule has 1 heterocycles. The van der Waals surface area contributed by atoms with E-state index in [1.54, 1.807) is 17.0 Å². The van der Waals surface area contributed by atoms with Gasteiger partial charge in [-0.15, -0.1) is 0 Å². The number of nitrogens with zero attached hydrogens (tertiary/aromatic N) is 2. The van der Waals surface area contributed by atoms with Gasteiger partial charge in [-0.25, -0.2) is 4.39 Å². The number of carbonyl (C=O) groups is 2. The van der Waals surface area contributed by atoms with Crippen molar-refractivity contribution in [2.24, 2.45) is 5.92 Å². The Balaban J connectivity index is 1.67. The fourth-order valence-electron chi connectivity index (χ4n) is 3.13. The van der Waals surface area contributed by atoms with Crippen LogP contribution in [0.4, 0.5) is 21.5 Å². The lowest BCUT2D eigenvalue weighted by Gasteiger charge is -2.24. The van der Waals surface area contributed by atoms with Crippen LogP contribution in [0.5, 0.6) is 0 Å². The maximum Gasteiger partial charge on any atom is 0.229 e. The van der Waals surface area contributed by atoms with Crippen LogP contribution in [-0.2, 0) is 9.59 Å². The summed E-state index contributed by atoms with van der Waals surface area (Å²) < 4.78 is 14.4. The Hall–Kier alpha value is -2.89. The van der Waals surface area contributed by atoms with Crippen LogP contribution in [0.15, 0.2) is 48.5 Å². The van der Waals surface area contributed by atoms with Gasteiger partial charge in [0.15, 0.2) is 0 Å². The minimum absolute atomic E-state index is 0.0820. The molecule has 5 nitrogen and oxygen atoms in total. The smallest absolute Gasteiger partial charge is 0.229 e. The average Bonchev–Trinajstić information content (AvgIpc) is 3.04. The maximum absolute atomic E-state index is 14.4. The van der Waals surface area contributed by atoms with Gasteiger partial charge in [0.25, 0.3) is 0 Å². The van der Waals surface area contributed by atoms with E-state index in [1.807, 2.05) is 56.1 Å². The molecule has 1 aliphatic rings. The van der Waals surface area contributed by atoms with Gasteiger partial charge in [-0.2, -0.15) is 0 Å². The summed E-state index contributed by atoms with van der Waals surface area (Å²) in [6.07, 6.45) is 0.150. The van der Waals surface area contributed by atoms with Gasteiger partial charge in [0.05, 0.1) is 11.6 Å². The van der Waals surface area contributed by atoms with E-state index in [0.29, 0.717) is 17.9 Å². The molecule has 1 atom stereocenters. The highest BCUT2D eigenvalue weighted by Crippen LogP contribution is 2.27. The Morgan fingerprint density at radius 3 is 2.56 bits per heavy atom. The summed E-state index contributed by atoms with van der Waals surface area (Å²) in [6.45, 7) is 4.28. The van der Waals surface area contributed by atoms with E-state index in [2.05, 4.69) is 5.32 Å². The van der Waals surface area contributed by atoms with Gasteiger partial charge in [0, 0.05) is 37.4 Å². The second kappa shape index (κ2) is 7.78. The van der Waals surface area contributed by atoms with Crippen molar-refractivity contribution in [3.8, 4) is 0 Å². The first kappa shape index (κ1) is 18.9. The Bertz CT molecular complexity index is 839. The SMILES string of the molecule is CC(C)N(C)c1ccc(NC(=O)C2CC(=O)N(c3ccccc3)C2)cc1F. The number of rotatable bonds is 5. The zero-order chi connectivity index (χ0) is 19.6. The van der Waals surface area contributed by atoms with Crippen LogP contribution >= 0.6 is 0 Å². The Morgan fingerprint density at radius 2 is 1.93 bits per heavy atom. The quantitative estimate of drug-likeness (QED) is 0.875. The number of hydrogen-bond acceptors (Lipinski definition) is 3. The number of nitrogens with one attached hydrogen (secondary N) is 1. The second-order valence-electron chi connectivity index (χ2n) is 7.10. The van der Waals surface area contributed by atoms with Crippen molar-refractivity contribution >= 4 is 28.9 Å². The minimum atomic E-state index is -0.459. The minimum Gasteiger partial charge on any atom is -0.370 e. The first-order valence-corrected chi connectivity index (χ1v) is 9.05. The van der Waals surface area contributed by atoms with Crippen LogP contribution in [0.3, 0.4) is 0 Å². The van der Waals surface area contributed by atoms with E-state index < -0.39 is 11.7 Å².